The van der Waals surface area contributed by atoms with Crippen molar-refractivity contribution in [1.82, 2.24) is 4.90 Å². The molecule has 1 aromatic rings. The molecule has 1 aromatic carbocycles. The van der Waals surface area contributed by atoms with Crippen LogP contribution in [0.25, 0.3) is 0 Å². The second kappa shape index (κ2) is 8.76. The van der Waals surface area contributed by atoms with Gasteiger partial charge in [0.05, 0.1) is 19.8 Å². The molecule has 1 amide bonds. The van der Waals surface area contributed by atoms with Crippen molar-refractivity contribution >= 4 is 11.6 Å². The molecule has 0 saturated carbocycles. The molecule has 0 bridgehead atoms. The van der Waals surface area contributed by atoms with Crippen LogP contribution in [0, 0.1) is 0 Å². The Balaban J connectivity index is 1.82. The van der Waals surface area contributed by atoms with E-state index in [0.29, 0.717) is 6.54 Å². The second-order valence-corrected chi connectivity index (χ2v) is 5.60. The Morgan fingerprint density at radius 3 is 3.00 bits per heavy atom. The van der Waals surface area contributed by atoms with E-state index in [0.717, 1.165) is 44.0 Å². The van der Waals surface area contributed by atoms with E-state index in [-0.39, 0.29) is 12.0 Å². The summed E-state index contributed by atoms with van der Waals surface area (Å²) in [4.78, 5) is 14.3. The molecule has 0 radical (unpaired) electrons. The average molecular weight is 306 g/mol. The molecule has 0 spiro atoms. The third-order valence-corrected chi connectivity index (χ3v) is 3.90. The van der Waals surface area contributed by atoms with Crippen molar-refractivity contribution in [2.75, 3.05) is 38.7 Å². The molecule has 0 aromatic heterocycles. The molecule has 1 saturated heterocycles. The van der Waals surface area contributed by atoms with Gasteiger partial charge in [-0.3, -0.25) is 9.69 Å². The zero-order chi connectivity index (χ0) is 15.8. The number of likely N-dealkylation sites (N-methyl/N-ethyl adjacent to an activating group) is 1. The molecule has 5 nitrogen and oxygen atoms in total. The lowest BCUT2D eigenvalue weighted by Crippen LogP contribution is -2.40. The van der Waals surface area contributed by atoms with Crippen molar-refractivity contribution in [3.05, 3.63) is 24.3 Å². The summed E-state index contributed by atoms with van der Waals surface area (Å²) in [5.74, 6) is 0.728. The second-order valence-electron chi connectivity index (χ2n) is 5.60. The van der Waals surface area contributed by atoms with Crippen molar-refractivity contribution in [3.8, 4) is 5.75 Å². The molecule has 1 fully saturated rings. The fourth-order valence-corrected chi connectivity index (χ4v) is 2.65. The van der Waals surface area contributed by atoms with Gasteiger partial charge in [0.15, 0.2) is 0 Å². The van der Waals surface area contributed by atoms with Crippen LogP contribution in [0.5, 0.6) is 5.75 Å². The summed E-state index contributed by atoms with van der Waals surface area (Å²) in [5, 5.41) is 2.92. The third-order valence-electron chi connectivity index (χ3n) is 3.90. The van der Waals surface area contributed by atoms with Crippen molar-refractivity contribution < 1.29 is 14.3 Å². The first-order chi connectivity index (χ1) is 10.7. The molecule has 1 aliphatic rings. The first kappa shape index (κ1) is 16.8. The van der Waals surface area contributed by atoms with Crippen molar-refractivity contribution in [1.29, 1.82) is 0 Å². The van der Waals surface area contributed by atoms with Crippen LogP contribution in [0.3, 0.4) is 0 Å². The van der Waals surface area contributed by atoms with Crippen LogP contribution in [0.1, 0.15) is 26.2 Å². The summed E-state index contributed by atoms with van der Waals surface area (Å²) in [6.45, 7) is 4.96. The number of nitrogens with one attached hydrogen (secondary N) is 1. The predicted octanol–water partition coefficient (Wildman–Crippen LogP) is 2.52. The maximum absolute atomic E-state index is 12.2. The van der Waals surface area contributed by atoms with E-state index in [4.69, 9.17) is 9.47 Å². The van der Waals surface area contributed by atoms with Gasteiger partial charge in [-0.15, -0.1) is 0 Å². The van der Waals surface area contributed by atoms with Crippen molar-refractivity contribution in [2.24, 2.45) is 0 Å². The van der Waals surface area contributed by atoms with Crippen LogP contribution in [0.15, 0.2) is 24.3 Å². The van der Waals surface area contributed by atoms with E-state index >= 15 is 0 Å². The van der Waals surface area contributed by atoms with Crippen LogP contribution in [0.2, 0.25) is 0 Å². The first-order valence-corrected chi connectivity index (χ1v) is 7.99. The van der Waals surface area contributed by atoms with Crippen molar-refractivity contribution in [3.63, 3.8) is 0 Å². The fourth-order valence-electron chi connectivity index (χ4n) is 2.65. The molecule has 1 heterocycles. The summed E-state index contributed by atoms with van der Waals surface area (Å²) < 4.78 is 10.9. The number of nitrogens with zero attached hydrogens (tertiary/aromatic N) is 1. The maximum Gasteiger partial charge on any atom is 0.238 e. The van der Waals surface area contributed by atoms with E-state index in [1.165, 1.54) is 6.42 Å². The lowest BCUT2D eigenvalue weighted by molar-refractivity contribution is -0.117. The Bertz CT molecular complexity index is 473. The fraction of sp³-hybridized carbons (Fsp3) is 0.588. The summed E-state index contributed by atoms with van der Waals surface area (Å²) in [5.41, 5.74) is 0.759. The Morgan fingerprint density at radius 2 is 2.32 bits per heavy atom. The van der Waals surface area contributed by atoms with E-state index in [1.807, 2.05) is 24.3 Å². The van der Waals surface area contributed by atoms with Gasteiger partial charge in [-0.05, 0) is 37.9 Å². The van der Waals surface area contributed by atoms with Crippen LogP contribution in [-0.4, -0.2) is 50.3 Å². The van der Waals surface area contributed by atoms with Gasteiger partial charge in [-0.1, -0.05) is 13.0 Å². The van der Waals surface area contributed by atoms with Gasteiger partial charge < -0.3 is 14.8 Å². The van der Waals surface area contributed by atoms with E-state index < -0.39 is 0 Å². The molecular weight excluding hydrogens is 280 g/mol. The molecule has 1 aliphatic heterocycles. The highest BCUT2D eigenvalue weighted by Crippen LogP contribution is 2.17. The number of carbonyl (C=O) groups excluding carboxylic acids is 1. The first-order valence-electron chi connectivity index (χ1n) is 7.99. The molecule has 1 atom stereocenters. The van der Waals surface area contributed by atoms with Crippen molar-refractivity contribution in [2.45, 2.75) is 32.3 Å². The number of anilines is 1. The summed E-state index contributed by atoms with van der Waals surface area (Å²) in [6, 6.07) is 7.40. The van der Waals surface area contributed by atoms with Crippen LogP contribution < -0.4 is 10.1 Å². The Hall–Kier alpha value is -1.59. The van der Waals surface area contributed by atoms with Crippen LogP contribution in [0.4, 0.5) is 5.69 Å². The summed E-state index contributed by atoms with van der Waals surface area (Å²) >= 11 is 0. The van der Waals surface area contributed by atoms with Crippen LogP contribution >= 0.6 is 0 Å². The van der Waals surface area contributed by atoms with Gasteiger partial charge in [-0.25, -0.2) is 0 Å². The smallest absolute Gasteiger partial charge is 0.238 e. The van der Waals surface area contributed by atoms with Crippen LogP contribution in [-0.2, 0) is 9.53 Å². The third kappa shape index (κ3) is 5.31. The highest BCUT2D eigenvalue weighted by atomic mass is 16.5. The summed E-state index contributed by atoms with van der Waals surface area (Å²) in [6.07, 6.45) is 3.73. The number of carbonyl (C=O) groups is 1. The van der Waals surface area contributed by atoms with E-state index in [9.17, 15) is 4.79 Å². The van der Waals surface area contributed by atoms with Gasteiger partial charge in [0.1, 0.15) is 5.75 Å². The van der Waals surface area contributed by atoms with Gasteiger partial charge in [0.2, 0.25) is 5.91 Å². The number of hydrogen-bond acceptors (Lipinski definition) is 4. The normalized spacial score (nSPS) is 18.2. The average Bonchev–Trinajstić information content (AvgIpc) is 2.55. The molecule has 22 heavy (non-hydrogen) atoms. The summed E-state index contributed by atoms with van der Waals surface area (Å²) in [7, 11) is 1.62. The standard InChI is InChI=1S/C17H26N2O3/c1-3-19(12-16-8-4-5-10-22-16)13-17(20)18-14-7-6-9-15(11-14)21-2/h6-7,9,11,16H,3-5,8,10,12-13H2,1-2H3,(H,18,20)/t16-/m0/s1. The zero-order valence-electron chi connectivity index (χ0n) is 13.5. The molecule has 2 rings (SSSR count). The Labute approximate surface area is 132 Å². The van der Waals surface area contributed by atoms with E-state index in [1.54, 1.807) is 7.11 Å². The molecule has 1 N–H and O–H groups in total. The lowest BCUT2D eigenvalue weighted by Gasteiger charge is -2.28. The SMILES string of the molecule is CCN(CC(=O)Nc1cccc(OC)c1)C[C@@H]1CCCCO1. The predicted molar refractivity (Wildman–Crippen MR) is 87.3 cm³/mol. The number of methoxy groups -OCH3 is 1. The van der Waals surface area contributed by atoms with E-state index in [2.05, 4.69) is 17.1 Å². The molecule has 0 aliphatic carbocycles. The molecular formula is C17H26N2O3. The number of ether oxygens (including phenoxy) is 2. The monoisotopic (exact) mass is 306 g/mol. The number of hydrogen-bond donors (Lipinski definition) is 1. The largest absolute Gasteiger partial charge is 0.497 e. The number of rotatable bonds is 7. The Morgan fingerprint density at radius 1 is 1.45 bits per heavy atom. The quantitative estimate of drug-likeness (QED) is 0.841. The minimum Gasteiger partial charge on any atom is -0.497 e. The Kier molecular flexibility index (Phi) is 6.68. The molecule has 0 unspecified atom stereocenters. The minimum atomic E-state index is -0.00841. The number of benzene rings is 1. The van der Waals surface area contributed by atoms with Gasteiger partial charge in [-0.2, -0.15) is 0 Å². The zero-order valence-corrected chi connectivity index (χ0v) is 13.5. The van der Waals surface area contributed by atoms with Gasteiger partial charge in [0.25, 0.3) is 0 Å². The molecule has 5 heteroatoms. The van der Waals surface area contributed by atoms with Gasteiger partial charge >= 0.3 is 0 Å². The lowest BCUT2D eigenvalue weighted by atomic mass is 10.1. The molecule has 122 valence electrons. The topological polar surface area (TPSA) is 50.8 Å². The number of amides is 1. The highest BCUT2D eigenvalue weighted by Gasteiger charge is 2.18. The minimum absolute atomic E-state index is 0.00841. The van der Waals surface area contributed by atoms with Gasteiger partial charge in [0, 0.05) is 24.9 Å². The maximum atomic E-state index is 12.2. The highest BCUT2D eigenvalue weighted by molar-refractivity contribution is 5.92.